The second-order valence-corrected chi connectivity index (χ2v) is 11.3. The van der Waals surface area contributed by atoms with Gasteiger partial charge in [0.05, 0.1) is 21.7 Å². The van der Waals surface area contributed by atoms with E-state index in [1.807, 2.05) is 0 Å². The summed E-state index contributed by atoms with van der Waals surface area (Å²) in [6.07, 6.45) is 4.95. The van der Waals surface area contributed by atoms with Gasteiger partial charge in [-0.25, -0.2) is 8.42 Å². The van der Waals surface area contributed by atoms with E-state index in [-0.39, 0.29) is 42.2 Å². The number of nitrogens with zero attached hydrogens (tertiary/aromatic N) is 5. The second kappa shape index (κ2) is 11.7. The van der Waals surface area contributed by atoms with Crippen molar-refractivity contribution in [1.29, 1.82) is 0 Å². The van der Waals surface area contributed by atoms with Crippen LogP contribution in [0.1, 0.15) is 37.7 Å². The average Bonchev–Trinajstić information content (AvgIpc) is 2.93. The fourth-order valence-electron chi connectivity index (χ4n) is 4.80. The van der Waals surface area contributed by atoms with Crippen molar-refractivity contribution in [3.8, 4) is 0 Å². The highest BCUT2D eigenvalue weighted by Gasteiger charge is 2.33. The summed E-state index contributed by atoms with van der Waals surface area (Å²) in [6.45, 7) is 1.66. The van der Waals surface area contributed by atoms with Crippen LogP contribution in [-0.4, -0.2) is 60.9 Å². The van der Waals surface area contributed by atoms with Crippen LogP contribution in [0.15, 0.2) is 46.4 Å². The number of piperidine rings is 2. The third kappa shape index (κ3) is 6.31. The number of nitrogens with two attached hydrogens (primary N) is 1. The number of primary amides is 1. The lowest BCUT2D eigenvalue weighted by Gasteiger charge is -2.30. The SMILES string of the molecule is NC(=O)C1CCN(S(=O)(=O)c2cc([N+](=O)[O-])ccc2N/N=C\c2cc([N+](=O)[O-])ccc2N2CCCCC2)CC1. The summed E-state index contributed by atoms with van der Waals surface area (Å²) < 4.78 is 28.1. The van der Waals surface area contributed by atoms with Crippen LogP contribution in [0.3, 0.4) is 0 Å². The first kappa shape index (κ1) is 27.9. The van der Waals surface area contributed by atoms with Gasteiger partial charge in [-0.15, -0.1) is 0 Å². The van der Waals surface area contributed by atoms with Crippen LogP contribution in [0.4, 0.5) is 22.7 Å². The molecule has 2 aromatic carbocycles. The number of benzene rings is 2. The lowest BCUT2D eigenvalue weighted by atomic mass is 9.98. The maximum absolute atomic E-state index is 13.5. The van der Waals surface area contributed by atoms with Gasteiger partial charge in [-0.3, -0.25) is 30.4 Å². The maximum atomic E-state index is 13.5. The number of nitro groups is 2. The van der Waals surface area contributed by atoms with Crippen molar-refractivity contribution in [1.82, 2.24) is 4.31 Å². The van der Waals surface area contributed by atoms with Crippen molar-refractivity contribution in [2.75, 3.05) is 36.5 Å². The Morgan fingerprint density at radius 3 is 2.21 bits per heavy atom. The largest absolute Gasteiger partial charge is 0.371 e. The summed E-state index contributed by atoms with van der Waals surface area (Å²) in [6, 6.07) is 7.85. The lowest BCUT2D eigenvalue weighted by molar-refractivity contribution is -0.385. The van der Waals surface area contributed by atoms with Gasteiger partial charge < -0.3 is 10.6 Å². The molecule has 0 bridgehead atoms. The van der Waals surface area contributed by atoms with E-state index in [9.17, 15) is 33.4 Å². The minimum atomic E-state index is -4.19. The first-order chi connectivity index (χ1) is 18.6. The fourth-order valence-corrected chi connectivity index (χ4v) is 6.43. The molecule has 0 radical (unpaired) electrons. The van der Waals surface area contributed by atoms with Crippen LogP contribution >= 0.6 is 0 Å². The quantitative estimate of drug-likeness (QED) is 0.264. The Morgan fingerprint density at radius 2 is 1.59 bits per heavy atom. The third-order valence-corrected chi connectivity index (χ3v) is 8.90. The number of hydrogen-bond acceptors (Lipinski definition) is 10. The van der Waals surface area contributed by atoms with Gasteiger partial charge in [-0.1, -0.05) is 0 Å². The minimum absolute atomic E-state index is 0.00109. The van der Waals surface area contributed by atoms with Gasteiger partial charge >= 0.3 is 0 Å². The molecule has 0 saturated carbocycles. The molecule has 208 valence electrons. The summed E-state index contributed by atoms with van der Waals surface area (Å²) >= 11 is 0. The lowest BCUT2D eigenvalue weighted by Crippen LogP contribution is -2.41. The molecule has 0 spiro atoms. The van der Waals surface area contributed by atoms with E-state index in [1.165, 1.54) is 24.4 Å². The number of nitrogens with one attached hydrogen (secondary N) is 1. The highest BCUT2D eigenvalue weighted by Crippen LogP contribution is 2.32. The molecule has 2 fully saturated rings. The zero-order valence-corrected chi connectivity index (χ0v) is 21.9. The fraction of sp³-hybridized carbons (Fsp3) is 0.417. The van der Waals surface area contributed by atoms with Crippen LogP contribution in [-0.2, 0) is 14.8 Å². The Morgan fingerprint density at radius 1 is 0.974 bits per heavy atom. The van der Waals surface area contributed by atoms with E-state index in [2.05, 4.69) is 15.4 Å². The van der Waals surface area contributed by atoms with Crippen molar-refractivity contribution in [2.45, 2.75) is 37.0 Å². The number of non-ortho nitro benzene ring substituents is 2. The molecular formula is C24H29N7O7S. The Balaban J connectivity index is 1.64. The molecule has 2 aliphatic rings. The van der Waals surface area contributed by atoms with Crippen LogP contribution in [0.25, 0.3) is 0 Å². The van der Waals surface area contributed by atoms with Gasteiger partial charge in [0.2, 0.25) is 15.9 Å². The highest BCUT2D eigenvalue weighted by atomic mass is 32.2. The van der Waals surface area contributed by atoms with E-state index >= 15 is 0 Å². The number of carbonyl (C=O) groups excluding carboxylic acids is 1. The molecule has 1 amide bonds. The zero-order chi connectivity index (χ0) is 28.2. The first-order valence-electron chi connectivity index (χ1n) is 12.5. The monoisotopic (exact) mass is 559 g/mol. The molecule has 0 aliphatic carbocycles. The predicted octanol–water partition coefficient (Wildman–Crippen LogP) is 2.83. The number of anilines is 2. The normalized spacial score (nSPS) is 17.3. The molecule has 2 aromatic rings. The topological polar surface area (TPSA) is 194 Å². The van der Waals surface area contributed by atoms with E-state index in [0.29, 0.717) is 5.56 Å². The molecule has 14 nitrogen and oxygen atoms in total. The van der Waals surface area contributed by atoms with Crippen molar-refractivity contribution in [3.05, 3.63) is 62.2 Å². The smallest absolute Gasteiger partial charge is 0.270 e. The molecule has 39 heavy (non-hydrogen) atoms. The van der Waals surface area contributed by atoms with E-state index in [0.717, 1.165) is 54.5 Å². The molecule has 4 rings (SSSR count). The molecule has 0 atom stereocenters. The van der Waals surface area contributed by atoms with E-state index in [1.54, 1.807) is 6.07 Å². The van der Waals surface area contributed by atoms with Gasteiger partial charge in [-0.05, 0) is 44.2 Å². The Labute approximate surface area is 224 Å². The van der Waals surface area contributed by atoms with Crippen LogP contribution in [0.5, 0.6) is 0 Å². The molecule has 2 aliphatic heterocycles. The summed E-state index contributed by atoms with van der Waals surface area (Å²) in [5.41, 5.74) is 8.71. The summed E-state index contributed by atoms with van der Waals surface area (Å²) in [7, 11) is -4.19. The summed E-state index contributed by atoms with van der Waals surface area (Å²) in [5, 5.41) is 26.9. The summed E-state index contributed by atoms with van der Waals surface area (Å²) in [4.78, 5) is 34.8. The van der Waals surface area contributed by atoms with Crippen LogP contribution in [0.2, 0.25) is 0 Å². The highest BCUT2D eigenvalue weighted by molar-refractivity contribution is 7.89. The molecule has 0 unspecified atom stereocenters. The number of sulfonamides is 1. The van der Waals surface area contributed by atoms with Gasteiger partial charge in [0.15, 0.2) is 0 Å². The molecule has 0 aromatic heterocycles. The Hall–Kier alpha value is -4.11. The van der Waals surface area contributed by atoms with Gasteiger partial charge in [-0.2, -0.15) is 9.41 Å². The average molecular weight is 560 g/mol. The standard InChI is InChI=1S/C24H29N7O7S/c25-24(32)17-8-12-29(13-9-17)39(37,38)23-15-20(31(35)36)4-6-21(23)27-26-16-18-14-19(30(33)34)5-7-22(18)28-10-2-1-3-11-28/h4-7,14-17,27H,1-3,8-13H2,(H2,25,32)/b26-16-. The number of hydrogen-bond donors (Lipinski definition) is 2. The Kier molecular flexibility index (Phi) is 8.40. The van der Waals surface area contributed by atoms with Crippen molar-refractivity contribution < 1.29 is 23.1 Å². The third-order valence-electron chi connectivity index (χ3n) is 6.96. The van der Waals surface area contributed by atoms with E-state index < -0.39 is 37.4 Å². The predicted molar refractivity (Wildman–Crippen MR) is 144 cm³/mol. The second-order valence-electron chi connectivity index (χ2n) is 9.44. The number of nitro benzene ring substituents is 2. The zero-order valence-electron chi connectivity index (χ0n) is 21.1. The minimum Gasteiger partial charge on any atom is -0.371 e. The Bertz CT molecular complexity index is 1400. The van der Waals surface area contributed by atoms with Gasteiger partial charge in [0, 0.05) is 67.6 Å². The van der Waals surface area contributed by atoms with Gasteiger partial charge in [0.1, 0.15) is 4.90 Å². The summed E-state index contributed by atoms with van der Waals surface area (Å²) in [5.74, 6) is -0.933. The molecule has 15 heteroatoms. The number of carbonyl (C=O) groups is 1. The van der Waals surface area contributed by atoms with Crippen molar-refractivity contribution >= 4 is 44.9 Å². The first-order valence-corrected chi connectivity index (χ1v) is 13.9. The van der Waals surface area contributed by atoms with E-state index in [4.69, 9.17) is 5.73 Å². The number of hydrazone groups is 1. The molecule has 2 saturated heterocycles. The van der Waals surface area contributed by atoms with Crippen molar-refractivity contribution in [3.63, 3.8) is 0 Å². The van der Waals surface area contributed by atoms with Crippen LogP contribution < -0.4 is 16.1 Å². The number of amides is 1. The van der Waals surface area contributed by atoms with Crippen molar-refractivity contribution in [2.24, 2.45) is 16.8 Å². The van der Waals surface area contributed by atoms with Gasteiger partial charge in [0.25, 0.3) is 11.4 Å². The molecule has 3 N–H and O–H groups in total. The molecular weight excluding hydrogens is 530 g/mol. The molecule has 2 heterocycles. The van der Waals surface area contributed by atoms with Crippen LogP contribution in [0, 0.1) is 26.1 Å². The number of rotatable bonds is 9. The maximum Gasteiger partial charge on any atom is 0.270 e.